The molecule has 2 amide bonds. The van der Waals surface area contributed by atoms with E-state index < -0.39 is 0 Å². The van der Waals surface area contributed by atoms with Gasteiger partial charge in [0.05, 0.1) is 0 Å². The molecule has 0 bridgehead atoms. The summed E-state index contributed by atoms with van der Waals surface area (Å²) in [6, 6.07) is 1.04. The maximum atomic E-state index is 11.7. The molecule has 4 N–H and O–H groups in total. The number of hydrogen-bond donors (Lipinski definition) is 4. The molecule has 0 saturated heterocycles. The van der Waals surface area contributed by atoms with Gasteiger partial charge in [-0.25, -0.2) is 9.78 Å². The number of urea groups is 1. The van der Waals surface area contributed by atoms with Crippen LogP contribution in [-0.2, 0) is 0 Å². The van der Waals surface area contributed by atoms with Crippen molar-refractivity contribution in [2.45, 2.75) is 71.1 Å². The molecule has 0 aliphatic rings. The third kappa shape index (κ3) is 8.55. The molecule has 24 heavy (non-hydrogen) atoms. The standard InChI is InChI=1S/C17H31N5O2/c1-2-3-4-5-6-7-8-9-10-11-13-20-17(23)21-15-12-14-19-16(18)22(15)24/h12,14,18,24H,2-11,13H2,1H3,(H2,20,21,23). The predicted octanol–water partition coefficient (Wildman–Crippen LogP) is 3.64. The van der Waals surface area contributed by atoms with Gasteiger partial charge in [0.2, 0.25) is 0 Å². The molecule has 1 aromatic rings. The highest BCUT2D eigenvalue weighted by atomic mass is 16.5. The largest absolute Gasteiger partial charge is 0.423 e. The molecule has 0 saturated carbocycles. The highest BCUT2D eigenvalue weighted by molar-refractivity contribution is 5.88. The monoisotopic (exact) mass is 337 g/mol. The average Bonchev–Trinajstić information content (AvgIpc) is 2.57. The first-order valence-electron chi connectivity index (χ1n) is 9.02. The quantitative estimate of drug-likeness (QED) is 0.346. The molecule has 136 valence electrons. The summed E-state index contributed by atoms with van der Waals surface area (Å²) < 4.78 is 0.528. The molecule has 0 atom stereocenters. The van der Waals surface area contributed by atoms with Gasteiger partial charge in [0.25, 0.3) is 5.62 Å². The van der Waals surface area contributed by atoms with Crippen LogP contribution in [0.2, 0.25) is 0 Å². The zero-order valence-corrected chi connectivity index (χ0v) is 14.7. The van der Waals surface area contributed by atoms with E-state index in [-0.39, 0.29) is 17.5 Å². The van der Waals surface area contributed by atoms with E-state index in [2.05, 4.69) is 22.5 Å². The number of hydrogen-bond acceptors (Lipinski definition) is 4. The fourth-order valence-corrected chi connectivity index (χ4v) is 2.49. The van der Waals surface area contributed by atoms with E-state index in [0.29, 0.717) is 11.3 Å². The zero-order chi connectivity index (χ0) is 17.6. The first-order valence-corrected chi connectivity index (χ1v) is 9.02. The number of carbonyl (C=O) groups is 1. The van der Waals surface area contributed by atoms with Crippen LogP contribution < -0.4 is 16.3 Å². The van der Waals surface area contributed by atoms with Gasteiger partial charge in [-0.15, -0.1) is 4.73 Å². The molecule has 7 heteroatoms. The Balaban J connectivity index is 2.00. The minimum Gasteiger partial charge on any atom is -0.423 e. The van der Waals surface area contributed by atoms with Crippen LogP contribution in [-0.4, -0.2) is 27.5 Å². The van der Waals surface area contributed by atoms with Gasteiger partial charge in [-0.05, 0) is 6.42 Å². The van der Waals surface area contributed by atoms with Crippen molar-refractivity contribution in [1.82, 2.24) is 15.0 Å². The van der Waals surface area contributed by atoms with Gasteiger partial charge < -0.3 is 10.5 Å². The predicted molar refractivity (Wildman–Crippen MR) is 94.1 cm³/mol. The summed E-state index contributed by atoms with van der Waals surface area (Å²) in [5, 5.41) is 22.1. The van der Waals surface area contributed by atoms with Crippen LogP contribution in [0.25, 0.3) is 0 Å². The van der Waals surface area contributed by atoms with Gasteiger partial charge in [-0.1, -0.05) is 64.7 Å². The van der Waals surface area contributed by atoms with E-state index in [1.54, 1.807) is 0 Å². The summed E-state index contributed by atoms with van der Waals surface area (Å²) in [4.78, 5) is 15.3. The van der Waals surface area contributed by atoms with Crippen molar-refractivity contribution in [3.63, 3.8) is 0 Å². The Hall–Kier alpha value is -2.05. The summed E-state index contributed by atoms with van der Waals surface area (Å²) in [5.74, 6) is 0.121. The molecule has 0 radical (unpaired) electrons. The lowest BCUT2D eigenvalue weighted by molar-refractivity contribution is 0.170. The van der Waals surface area contributed by atoms with E-state index in [9.17, 15) is 10.0 Å². The van der Waals surface area contributed by atoms with Crippen LogP contribution >= 0.6 is 0 Å². The van der Waals surface area contributed by atoms with E-state index in [0.717, 1.165) is 12.8 Å². The van der Waals surface area contributed by atoms with E-state index in [1.165, 1.54) is 63.6 Å². The molecule has 0 fully saturated rings. The van der Waals surface area contributed by atoms with Gasteiger partial charge in [-0.3, -0.25) is 10.7 Å². The van der Waals surface area contributed by atoms with Gasteiger partial charge >= 0.3 is 6.03 Å². The Morgan fingerprint density at radius 2 is 1.71 bits per heavy atom. The van der Waals surface area contributed by atoms with Crippen molar-refractivity contribution in [1.29, 1.82) is 5.41 Å². The van der Waals surface area contributed by atoms with Crippen molar-refractivity contribution >= 4 is 11.8 Å². The molecule has 7 nitrogen and oxygen atoms in total. The second-order valence-corrected chi connectivity index (χ2v) is 6.03. The van der Waals surface area contributed by atoms with Crippen LogP contribution in [0.1, 0.15) is 71.1 Å². The number of carbonyl (C=O) groups excluding carboxylic acids is 1. The Labute approximate surface area is 144 Å². The van der Waals surface area contributed by atoms with Crippen LogP contribution in [0.5, 0.6) is 0 Å². The van der Waals surface area contributed by atoms with Gasteiger partial charge in [0.15, 0.2) is 5.82 Å². The molecule has 1 aromatic heterocycles. The van der Waals surface area contributed by atoms with E-state index in [1.807, 2.05) is 0 Å². The van der Waals surface area contributed by atoms with Crippen molar-refractivity contribution in [3.05, 3.63) is 17.9 Å². The summed E-state index contributed by atoms with van der Waals surface area (Å²) in [6.07, 6.45) is 13.9. The number of nitrogens with one attached hydrogen (secondary N) is 3. The molecule has 0 aliphatic carbocycles. The Morgan fingerprint density at radius 3 is 2.33 bits per heavy atom. The normalized spacial score (nSPS) is 10.5. The lowest BCUT2D eigenvalue weighted by Gasteiger charge is -2.09. The van der Waals surface area contributed by atoms with Crippen LogP contribution in [0.15, 0.2) is 12.3 Å². The van der Waals surface area contributed by atoms with Crippen molar-refractivity contribution < 1.29 is 10.0 Å². The lowest BCUT2D eigenvalue weighted by Crippen LogP contribution is -2.33. The van der Waals surface area contributed by atoms with E-state index in [4.69, 9.17) is 5.41 Å². The fourth-order valence-electron chi connectivity index (χ4n) is 2.49. The SMILES string of the molecule is CCCCCCCCCCCCNC(=O)Nc1ccnc(=N)n1O. The summed E-state index contributed by atoms with van der Waals surface area (Å²) >= 11 is 0. The van der Waals surface area contributed by atoms with Crippen LogP contribution in [0, 0.1) is 5.41 Å². The van der Waals surface area contributed by atoms with Crippen LogP contribution in [0.4, 0.5) is 10.6 Å². The van der Waals surface area contributed by atoms with Crippen LogP contribution in [0.3, 0.4) is 0 Å². The number of rotatable bonds is 12. The number of aromatic nitrogens is 2. The summed E-state index contributed by atoms with van der Waals surface area (Å²) in [6.45, 7) is 2.84. The summed E-state index contributed by atoms with van der Waals surface area (Å²) in [7, 11) is 0. The molecule has 0 aromatic carbocycles. The van der Waals surface area contributed by atoms with Gasteiger partial charge in [0.1, 0.15) is 0 Å². The second-order valence-electron chi connectivity index (χ2n) is 6.03. The van der Waals surface area contributed by atoms with E-state index >= 15 is 0 Å². The molecular formula is C17H31N5O2. The third-order valence-corrected chi connectivity index (χ3v) is 3.92. The minimum atomic E-state index is -0.390. The number of unbranched alkanes of at least 4 members (excludes halogenated alkanes) is 9. The molecule has 1 rings (SSSR count). The maximum absolute atomic E-state index is 11.7. The molecule has 1 heterocycles. The number of nitrogens with zero attached hydrogens (tertiary/aromatic N) is 2. The van der Waals surface area contributed by atoms with Gasteiger partial charge in [0, 0.05) is 18.8 Å². The summed E-state index contributed by atoms with van der Waals surface area (Å²) in [5.41, 5.74) is -0.331. The maximum Gasteiger partial charge on any atom is 0.320 e. The molecule has 0 aliphatic heterocycles. The number of amides is 2. The minimum absolute atomic E-state index is 0.121. The zero-order valence-electron chi connectivity index (χ0n) is 14.7. The highest BCUT2D eigenvalue weighted by Gasteiger charge is 2.05. The first-order chi connectivity index (χ1) is 11.6. The topological polar surface area (TPSA) is 103 Å². The second kappa shape index (κ2) is 12.4. The number of anilines is 1. The Morgan fingerprint density at radius 1 is 1.12 bits per heavy atom. The van der Waals surface area contributed by atoms with Crippen molar-refractivity contribution in [3.8, 4) is 0 Å². The fraction of sp³-hybridized carbons (Fsp3) is 0.706. The first kappa shape index (κ1) is 20.0. The lowest BCUT2D eigenvalue weighted by atomic mass is 10.1. The Bertz CT molecular complexity index is 530. The highest BCUT2D eigenvalue weighted by Crippen LogP contribution is 2.10. The Kier molecular flexibility index (Phi) is 10.3. The van der Waals surface area contributed by atoms with Crippen molar-refractivity contribution in [2.24, 2.45) is 0 Å². The average molecular weight is 337 g/mol. The molecule has 0 unspecified atom stereocenters. The smallest absolute Gasteiger partial charge is 0.320 e. The third-order valence-electron chi connectivity index (χ3n) is 3.92. The molecule has 0 spiro atoms. The van der Waals surface area contributed by atoms with Gasteiger partial charge in [-0.2, -0.15) is 0 Å². The van der Waals surface area contributed by atoms with Crippen molar-refractivity contribution in [2.75, 3.05) is 11.9 Å². The molecular weight excluding hydrogens is 306 g/mol.